The van der Waals surface area contributed by atoms with Gasteiger partial charge in [0.25, 0.3) is 0 Å². The largest absolute Gasteiger partial charge is 0.481 e. The van der Waals surface area contributed by atoms with Crippen molar-refractivity contribution in [3.05, 3.63) is 119 Å². The van der Waals surface area contributed by atoms with Gasteiger partial charge in [-0.25, -0.2) is 9.59 Å². The van der Waals surface area contributed by atoms with E-state index in [4.69, 9.17) is 0 Å². The van der Waals surface area contributed by atoms with Gasteiger partial charge in [-0.3, -0.25) is 9.59 Å². The van der Waals surface area contributed by atoms with Crippen LogP contribution in [0.2, 0.25) is 0 Å². The summed E-state index contributed by atoms with van der Waals surface area (Å²) in [6, 6.07) is 29.0. The summed E-state index contributed by atoms with van der Waals surface area (Å²) in [5.74, 6) is -3.86. The average molecular weight is 769 g/mol. The third kappa shape index (κ3) is 7.34. The molecule has 7 rings (SSSR count). The fraction of sp³-hybridized carbons (Fsp3) is 0.0526. The molecule has 5 aromatic heterocycles. The highest BCUT2D eigenvalue weighted by molar-refractivity contribution is 7.30. The fourth-order valence-electron chi connectivity index (χ4n) is 5.49. The highest BCUT2D eigenvalue weighted by Crippen LogP contribution is 2.49. The quantitative estimate of drug-likeness (QED) is 0.0960. The predicted octanol–water partition coefficient (Wildman–Crippen LogP) is 10.6. The van der Waals surface area contributed by atoms with E-state index >= 15 is 0 Å². The van der Waals surface area contributed by atoms with Crippen molar-refractivity contribution in [1.29, 1.82) is 0 Å². The van der Waals surface area contributed by atoms with Gasteiger partial charge in [0.2, 0.25) is 0 Å². The summed E-state index contributed by atoms with van der Waals surface area (Å²) < 4.78 is 0. The van der Waals surface area contributed by atoms with Gasteiger partial charge in [-0.05, 0) is 95.1 Å². The molecule has 13 heteroatoms. The minimum absolute atomic E-state index is 0.152. The van der Waals surface area contributed by atoms with Gasteiger partial charge in [-0.2, -0.15) is 0 Å². The van der Waals surface area contributed by atoms with E-state index in [0.29, 0.717) is 11.1 Å². The average Bonchev–Trinajstić information content (AvgIpc) is 3.94. The van der Waals surface area contributed by atoms with Crippen molar-refractivity contribution in [3.63, 3.8) is 0 Å². The number of hydrogen-bond donors (Lipinski definition) is 4. The van der Waals surface area contributed by atoms with Gasteiger partial charge in [0.1, 0.15) is 0 Å². The molecule has 4 N–H and O–H groups in total. The molecule has 0 aliphatic heterocycles. The lowest BCUT2D eigenvalue weighted by atomic mass is 10.1. The normalized spacial score (nSPS) is 11.1. The molecule has 0 aliphatic rings. The van der Waals surface area contributed by atoms with E-state index in [9.17, 15) is 39.6 Å². The lowest BCUT2D eigenvalue weighted by Gasteiger charge is -1.99. The molecule has 7 aromatic rings. The van der Waals surface area contributed by atoms with Crippen LogP contribution >= 0.6 is 56.7 Å². The number of benzene rings is 2. The van der Waals surface area contributed by atoms with Gasteiger partial charge in [0.15, 0.2) is 0 Å². The topological polar surface area (TPSA) is 149 Å². The first-order valence-corrected chi connectivity index (χ1v) is 19.3. The van der Waals surface area contributed by atoms with Crippen LogP contribution in [0.3, 0.4) is 0 Å². The van der Waals surface area contributed by atoms with Crippen molar-refractivity contribution in [2.45, 2.75) is 12.8 Å². The zero-order chi connectivity index (χ0) is 35.8. The zero-order valence-corrected chi connectivity index (χ0v) is 30.2. The first kappa shape index (κ1) is 34.3. The highest BCUT2D eigenvalue weighted by Gasteiger charge is 2.21. The molecule has 0 aliphatic carbocycles. The SMILES string of the molecule is O=C(O)Cc1cc(-c2ccc(-c3ccc(C(=O)O)cc3)s2)sc1-c1ccc(-c2sc(-c3ccc(-c4ccc(C(=O)O)cc4)s3)cc2CC(=O)O)s1. The molecule has 8 nitrogen and oxygen atoms in total. The maximum atomic E-state index is 11.9. The second-order valence-corrected chi connectivity index (χ2v) is 16.7. The van der Waals surface area contributed by atoms with E-state index in [1.807, 2.05) is 48.5 Å². The van der Waals surface area contributed by atoms with E-state index < -0.39 is 23.9 Å². The van der Waals surface area contributed by atoms with Gasteiger partial charge in [-0.15, -0.1) is 56.7 Å². The first-order chi connectivity index (χ1) is 24.5. The maximum Gasteiger partial charge on any atom is 0.335 e. The van der Waals surface area contributed by atoms with Gasteiger partial charge in [0, 0.05) is 48.8 Å². The summed E-state index contributed by atoms with van der Waals surface area (Å²) in [5.41, 5.74) is 3.59. The Morgan fingerprint density at radius 2 is 0.725 bits per heavy atom. The molecule has 0 fully saturated rings. The fourth-order valence-corrected chi connectivity index (χ4v) is 11.3. The number of carboxylic acids is 4. The van der Waals surface area contributed by atoms with E-state index in [1.54, 1.807) is 71.2 Å². The molecule has 0 bridgehead atoms. The summed E-state index contributed by atoms with van der Waals surface area (Å²) in [7, 11) is 0. The van der Waals surface area contributed by atoms with Crippen LogP contribution in [0, 0.1) is 0 Å². The van der Waals surface area contributed by atoms with Gasteiger partial charge in [-0.1, -0.05) is 24.3 Å². The Labute approximate surface area is 310 Å². The molecule has 5 heterocycles. The van der Waals surface area contributed by atoms with Crippen molar-refractivity contribution < 1.29 is 39.6 Å². The summed E-state index contributed by atoms with van der Waals surface area (Å²) in [6.45, 7) is 0. The molecular weight excluding hydrogens is 745 g/mol. The van der Waals surface area contributed by atoms with Crippen molar-refractivity contribution >= 4 is 80.6 Å². The van der Waals surface area contributed by atoms with Crippen molar-refractivity contribution in [1.82, 2.24) is 0 Å². The second kappa shape index (κ2) is 14.2. The van der Waals surface area contributed by atoms with E-state index in [1.165, 1.54) is 34.0 Å². The monoisotopic (exact) mass is 768 g/mol. The number of thiophene rings is 5. The molecule has 0 unspecified atom stereocenters. The smallest absolute Gasteiger partial charge is 0.335 e. The number of carbonyl (C=O) groups is 4. The molecule has 0 spiro atoms. The van der Waals surface area contributed by atoms with Crippen LogP contribution in [-0.2, 0) is 22.4 Å². The number of aromatic carboxylic acids is 2. The molecular formula is C38H24O8S5. The van der Waals surface area contributed by atoms with E-state index in [0.717, 1.165) is 59.9 Å². The number of aliphatic carboxylic acids is 2. The third-order valence-electron chi connectivity index (χ3n) is 7.89. The Balaban J connectivity index is 1.20. The lowest BCUT2D eigenvalue weighted by molar-refractivity contribution is -0.137. The Kier molecular flexibility index (Phi) is 9.55. The molecule has 0 saturated carbocycles. The standard InChI is InChI=1S/C38H24O8S5/c39-33(40)17-23-15-31(27-11-9-25(47-27)19-1-5-21(6-2-19)37(43)44)50-35(23)29-13-14-30(49-29)36-24(18-34(41)42)16-32(51-36)28-12-10-26(48-28)20-3-7-22(8-4-20)38(45)46/h1-16H,17-18H2,(H,39,40)(H,41,42)(H,43,44)(H,45,46). The number of carboxylic acid groups (broad SMARTS) is 4. The first-order valence-electron chi connectivity index (χ1n) is 15.2. The molecule has 0 atom stereocenters. The van der Waals surface area contributed by atoms with E-state index in [2.05, 4.69) is 0 Å². The summed E-state index contributed by atoms with van der Waals surface area (Å²) in [4.78, 5) is 55.5. The van der Waals surface area contributed by atoms with Crippen molar-refractivity contribution in [2.24, 2.45) is 0 Å². The Morgan fingerprint density at radius 3 is 1.08 bits per heavy atom. The minimum Gasteiger partial charge on any atom is -0.481 e. The number of hydrogen-bond acceptors (Lipinski definition) is 9. The molecule has 0 saturated heterocycles. The van der Waals surface area contributed by atoms with Gasteiger partial charge in [0.05, 0.1) is 24.0 Å². The summed E-state index contributed by atoms with van der Waals surface area (Å²) in [6.07, 6.45) is -0.303. The van der Waals surface area contributed by atoms with Crippen LogP contribution < -0.4 is 0 Å². The molecule has 254 valence electrons. The molecule has 51 heavy (non-hydrogen) atoms. The van der Waals surface area contributed by atoms with Crippen molar-refractivity contribution in [3.8, 4) is 59.9 Å². The Morgan fingerprint density at radius 1 is 0.392 bits per heavy atom. The van der Waals surface area contributed by atoms with Crippen LogP contribution in [0.15, 0.2) is 97.1 Å². The van der Waals surface area contributed by atoms with Crippen LogP contribution in [0.4, 0.5) is 0 Å². The Bertz CT molecular complexity index is 2270. The van der Waals surface area contributed by atoms with Crippen LogP contribution in [0.25, 0.3) is 59.9 Å². The zero-order valence-electron chi connectivity index (χ0n) is 26.1. The molecule has 0 radical (unpaired) electrons. The van der Waals surface area contributed by atoms with Crippen molar-refractivity contribution in [2.75, 3.05) is 0 Å². The minimum atomic E-state index is -0.986. The van der Waals surface area contributed by atoms with Crippen LogP contribution in [-0.4, -0.2) is 44.3 Å². The number of rotatable bonds is 12. The summed E-state index contributed by atoms with van der Waals surface area (Å²) in [5, 5.41) is 38.0. The van der Waals surface area contributed by atoms with Gasteiger partial charge < -0.3 is 20.4 Å². The summed E-state index contributed by atoms with van der Waals surface area (Å²) >= 11 is 7.60. The van der Waals surface area contributed by atoms with Gasteiger partial charge >= 0.3 is 23.9 Å². The molecule has 0 amide bonds. The van der Waals surface area contributed by atoms with Crippen LogP contribution in [0.5, 0.6) is 0 Å². The maximum absolute atomic E-state index is 11.9. The molecule has 2 aromatic carbocycles. The highest BCUT2D eigenvalue weighted by atomic mass is 32.1. The van der Waals surface area contributed by atoms with E-state index in [-0.39, 0.29) is 24.0 Å². The third-order valence-corrected chi connectivity index (χ3v) is 14.3. The van der Waals surface area contributed by atoms with Crippen LogP contribution in [0.1, 0.15) is 31.8 Å². The lowest BCUT2D eigenvalue weighted by Crippen LogP contribution is -1.99. The predicted molar refractivity (Wildman–Crippen MR) is 205 cm³/mol. The Hall–Kier alpha value is -5.18. The second-order valence-electron chi connectivity index (χ2n) is 11.3.